The zero-order valence-corrected chi connectivity index (χ0v) is 11.6. The summed E-state index contributed by atoms with van der Waals surface area (Å²) < 4.78 is 0. The highest BCUT2D eigenvalue weighted by molar-refractivity contribution is 7.11. The first-order valence-electron chi connectivity index (χ1n) is 7.03. The van der Waals surface area contributed by atoms with Gasteiger partial charge in [0.1, 0.15) is 0 Å². The van der Waals surface area contributed by atoms with Gasteiger partial charge in [0, 0.05) is 16.2 Å². The molecule has 1 N–H and O–H groups in total. The topological polar surface area (TPSA) is 20.2 Å². The van der Waals surface area contributed by atoms with Gasteiger partial charge in [-0.15, -0.1) is 11.3 Å². The second kappa shape index (κ2) is 6.55. The third-order valence-electron chi connectivity index (χ3n) is 3.89. The monoisotopic (exact) mass is 252 g/mol. The molecule has 1 atom stereocenters. The Morgan fingerprint density at radius 2 is 2.00 bits per heavy atom. The first kappa shape index (κ1) is 13.1. The Kier molecular flexibility index (Phi) is 5.05. The molecule has 1 aliphatic rings. The average Bonchev–Trinajstić information content (AvgIpc) is 2.97. The zero-order chi connectivity index (χ0) is 12.1. The van der Waals surface area contributed by atoms with Crippen LogP contribution in [0.5, 0.6) is 0 Å². The maximum atomic E-state index is 10.1. The summed E-state index contributed by atoms with van der Waals surface area (Å²) in [4.78, 5) is 2.78. The van der Waals surface area contributed by atoms with Crippen LogP contribution >= 0.6 is 11.3 Å². The molecule has 1 nitrogen and oxygen atoms in total. The van der Waals surface area contributed by atoms with Crippen LogP contribution in [0.1, 0.15) is 55.2 Å². The lowest BCUT2D eigenvalue weighted by atomic mass is 9.98. The Balaban J connectivity index is 1.70. The van der Waals surface area contributed by atoms with Crippen LogP contribution in [0.3, 0.4) is 0 Å². The number of rotatable bonds is 6. The lowest BCUT2D eigenvalue weighted by Crippen LogP contribution is -2.11. The van der Waals surface area contributed by atoms with Crippen LogP contribution in [0, 0.1) is 5.92 Å². The molecule has 0 aliphatic heterocycles. The summed E-state index contributed by atoms with van der Waals surface area (Å²) in [5.41, 5.74) is 0. The van der Waals surface area contributed by atoms with Gasteiger partial charge in [-0.05, 0) is 37.3 Å². The predicted molar refractivity (Wildman–Crippen MR) is 74.6 cm³/mol. The number of aliphatic hydroxyl groups excluding tert-OH is 1. The largest absolute Gasteiger partial charge is 0.393 e. The molecular weight excluding hydrogens is 228 g/mol. The summed E-state index contributed by atoms with van der Waals surface area (Å²) >= 11 is 1.86. The molecule has 2 heteroatoms. The van der Waals surface area contributed by atoms with Crippen LogP contribution in [-0.2, 0) is 12.8 Å². The van der Waals surface area contributed by atoms with Gasteiger partial charge in [-0.3, -0.25) is 0 Å². The van der Waals surface area contributed by atoms with Crippen LogP contribution in [0.15, 0.2) is 12.1 Å². The van der Waals surface area contributed by atoms with Crippen LogP contribution < -0.4 is 0 Å². The van der Waals surface area contributed by atoms with Crippen LogP contribution in [-0.4, -0.2) is 11.2 Å². The van der Waals surface area contributed by atoms with Gasteiger partial charge in [0.15, 0.2) is 0 Å². The van der Waals surface area contributed by atoms with E-state index in [-0.39, 0.29) is 6.10 Å². The molecule has 1 saturated carbocycles. The van der Waals surface area contributed by atoms with Crippen molar-refractivity contribution in [3.05, 3.63) is 21.9 Å². The summed E-state index contributed by atoms with van der Waals surface area (Å²) in [7, 11) is 0. The van der Waals surface area contributed by atoms with Crippen molar-refractivity contribution in [1.82, 2.24) is 0 Å². The molecule has 1 aromatic heterocycles. The summed E-state index contributed by atoms with van der Waals surface area (Å²) in [6.45, 7) is 2.19. The Labute approximate surface area is 109 Å². The van der Waals surface area contributed by atoms with Crippen molar-refractivity contribution in [1.29, 1.82) is 0 Å². The highest BCUT2D eigenvalue weighted by Gasteiger charge is 2.16. The molecule has 1 aliphatic carbocycles. The van der Waals surface area contributed by atoms with Crippen molar-refractivity contribution in [3.8, 4) is 0 Å². The summed E-state index contributed by atoms with van der Waals surface area (Å²) in [6, 6.07) is 4.38. The van der Waals surface area contributed by atoms with Crippen LogP contribution in [0.25, 0.3) is 0 Å². The molecule has 0 bridgehead atoms. The van der Waals surface area contributed by atoms with E-state index in [4.69, 9.17) is 0 Å². The number of hydrogen-bond acceptors (Lipinski definition) is 2. The molecule has 0 saturated heterocycles. The van der Waals surface area contributed by atoms with E-state index in [2.05, 4.69) is 19.1 Å². The third kappa shape index (κ3) is 4.11. The number of hydrogen-bond donors (Lipinski definition) is 1. The van der Waals surface area contributed by atoms with E-state index in [1.165, 1.54) is 41.9 Å². The van der Waals surface area contributed by atoms with E-state index in [0.717, 1.165) is 25.2 Å². The summed E-state index contributed by atoms with van der Waals surface area (Å²) in [5.74, 6) is 0.902. The molecule has 2 rings (SSSR count). The quantitative estimate of drug-likeness (QED) is 0.805. The van der Waals surface area contributed by atoms with Gasteiger partial charge in [-0.2, -0.15) is 0 Å². The third-order valence-corrected chi connectivity index (χ3v) is 5.14. The number of thiophene rings is 1. The van der Waals surface area contributed by atoms with Gasteiger partial charge in [-0.25, -0.2) is 0 Å². The predicted octanol–water partition coefficient (Wildman–Crippen LogP) is 4.18. The molecular formula is C15H24OS. The van der Waals surface area contributed by atoms with Crippen molar-refractivity contribution in [2.24, 2.45) is 5.92 Å². The molecule has 0 radical (unpaired) electrons. The average molecular weight is 252 g/mol. The first-order chi connectivity index (χ1) is 8.28. The molecule has 1 unspecified atom stereocenters. The van der Waals surface area contributed by atoms with Gasteiger partial charge in [0.2, 0.25) is 0 Å². The second-order valence-electron chi connectivity index (χ2n) is 5.31. The second-order valence-corrected chi connectivity index (χ2v) is 6.56. The zero-order valence-electron chi connectivity index (χ0n) is 10.8. The van der Waals surface area contributed by atoms with E-state index in [9.17, 15) is 5.11 Å². The van der Waals surface area contributed by atoms with Crippen molar-refractivity contribution in [2.45, 2.75) is 64.4 Å². The van der Waals surface area contributed by atoms with E-state index in [0.29, 0.717) is 0 Å². The van der Waals surface area contributed by atoms with Gasteiger partial charge in [-0.1, -0.05) is 32.6 Å². The van der Waals surface area contributed by atoms with E-state index >= 15 is 0 Å². The number of aryl methyl sites for hydroxylation is 1. The minimum Gasteiger partial charge on any atom is -0.393 e. The smallest absolute Gasteiger partial charge is 0.0588 e. The molecule has 17 heavy (non-hydrogen) atoms. The van der Waals surface area contributed by atoms with Gasteiger partial charge < -0.3 is 5.11 Å². The van der Waals surface area contributed by atoms with Gasteiger partial charge in [0.05, 0.1) is 6.10 Å². The molecule has 1 heterocycles. The summed E-state index contributed by atoms with van der Waals surface area (Å²) in [6.07, 6.45) is 9.67. The summed E-state index contributed by atoms with van der Waals surface area (Å²) in [5, 5.41) is 10.1. The molecule has 0 aromatic carbocycles. The Bertz CT molecular complexity index is 325. The highest BCUT2D eigenvalue weighted by atomic mass is 32.1. The highest BCUT2D eigenvalue weighted by Crippen LogP contribution is 2.29. The Morgan fingerprint density at radius 1 is 1.29 bits per heavy atom. The fourth-order valence-corrected chi connectivity index (χ4v) is 3.81. The van der Waals surface area contributed by atoms with Crippen molar-refractivity contribution >= 4 is 11.3 Å². The molecule has 96 valence electrons. The lowest BCUT2D eigenvalue weighted by Gasteiger charge is -2.12. The van der Waals surface area contributed by atoms with Crippen LogP contribution in [0.4, 0.5) is 0 Å². The standard InChI is InChI=1S/C15H24OS/c1-2-14-9-10-15(17-14)11-13(16)8-7-12-5-3-4-6-12/h9-10,12-13,16H,2-8,11H2,1H3. The van der Waals surface area contributed by atoms with Crippen LogP contribution in [0.2, 0.25) is 0 Å². The minimum atomic E-state index is -0.126. The molecule has 0 amide bonds. The molecule has 1 aromatic rings. The van der Waals surface area contributed by atoms with Gasteiger partial charge in [0.25, 0.3) is 0 Å². The lowest BCUT2D eigenvalue weighted by molar-refractivity contribution is 0.155. The first-order valence-corrected chi connectivity index (χ1v) is 7.85. The van der Waals surface area contributed by atoms with Gasteiger partial charge >= 0.3 is 0 Å². The Morgan fingerprint density at radius 3 is 2.65 bits per heavy atom. The van der Waals surface area contributed by atoms with E-state index in [1.807, 2.05) is 11.3 Å². The van der Waals surface area contributed by atoms with E-state index < -0.39 is 0 Å². The fourth-order valence-electron chi connectivity index (χ4n) is 2.78. The molecule has 0 spiro atoms. The SMILES string of the molecule is CCc1ccc(CC(O)CCC2CCCC2)s1. The minimum absolute atomic E-state index is 0.126. The fraction of sp³-hybridized carbons (Fsp3) is 0.733. The van der Waals surface area contributed by atoms with Crippen molar-refractivity contribution < 1.29 is 5.11 Å². The number of aliphatic hydroxyl groups is 1. The van der Waals surface area contributed by atoms with Crippen molar-refractivity contribution in [2.75, 3.05) is 0 Å². The van der Waals surface area contributed by atoms with E-state index in [1.54, 1.807) is 0 Å². The Hall–Kier alpha value is -0.340. The maximum absolute atomic E-state index is 10.1. The molecule has 1 fully saturated rings. The maximum Gasteiger partial charge on any atom is 0.0588 e. The van der Waals surface area contributed by atoms with Crippen molar-refractivity contribution in [3.63, 3.8) is 0 Å². The normalized spacial score (nSPS) is 18.7.